The second kappa shape index (κ2) is 5.62. The van der Waals surface area contributed by atoms with Crippen LogP contribution in [0.1, 0.15) is 18.4 Å². The maximum atomic E-state index is 11.6. The third kappa shape index (κ3) is 2.76. The van der Waals surface area contributed by atoms with Crippen LogP contribution in [0.15, 0.2) is 24.3 Å². The molecule has 0 bridgehead atoms. The van der Waals surface area contributed by atoms with Crippen molar-refractivity contribution in [3.05, 3.63) is 34.9 Å². The minimum absolute atomic E-state index is 0.0949. The Morgan fingerprint density at radius 3 is 3.10 bits per heavy atom. The number of nitrogens with zero attached hydrogens (tertiary/aromatic N) is 2. The molecule has 2 fully saturated rings. The normalized spacial score (nSPS) is 24.4. The Bertz CT molecular complexity index is 508. The molecule has 2 aliphatic rings. The van der Waals surface area contributed by atoms with Gasteiger partial charge in [0.05, 0.1) is 6.04 Å². The number of carbonyl (C=O) groups is 1. The smallest absolute Gasteiger partial charge is 0.317 e. The second-order valence-electron chi connectivity index (χ2n) is 5.75. The summed E-state index contributed by atoms with van der Waals surface area (Å²) in [5.74, 6) is 0.449. The Morgan fingerprint density at radius 1 is 1.45 bits per heavy atom. The first-order chi connectivity index (χ1) is 9.63. The molecule has 0 radical (unpaired) electrons. The number of halogens is 1. The number of fused-ring (bicyclic) bond motifs is 1. The summed E-state index contributed by atoms with van der Waals surface area (Å²) in [4.78, 5) is 16.0. The van der Waals surface area contributed by atoms with Gasteiger partial charge in [0.15, 0.2) is 0 Å². The third-order valence-electron chi connectivity index (χ3n) is 4.27. The van der Waals surface area contributed by atoms with E-state index in [4.69, 9.17) is 11.6 Å². The summed E-state index contributed by atoms with van der Waals surface area (Å²) in [6.07, 6.45) is 0. The highest BCUT2D eigenvalue weighted by Crippen LogP contribution is 2.22. The zero-order chi connectivity index (χ0) is 14.1. The maximum Gasteiger partial charge on any atom is 0.317 e. The van der Waals surface area contributed by atoms with Gasteiger partial charge in [0.1, 0.15) is 0 Å². The van der Waals surface area contributed by atoms with E-state index in [1.807, 2.05) is 23.1 Å². The molecule has 1 aromatic carbocycles. The van der Waals surface area contributed by atoms with Crippen molar-refractivity contribution in [2.24, 2.45) is 0 Å². The van der Waals surface area contributed by atoms with Crippen LogP contribution in [-0.4, -0.2) is 54.6 Å². The van der Waals surface area contributed by atoms with E-state index in [0.29, 0.717) is 12.0 Å². The van der Waals surface area contributed by atoms with Gasteiger partial charge < -0.3 is 10.2 Å². The molecule has 0 aromatic heterocycles. The Balaban J connectivity index is 1.60. The molecule has 108 valence electrons. The molecule has 1 aromatic rings. The van der Waals surface area contributed by atoms with Crippen LogP contribution in [0.5, 0.6) is 0 Å². The zero-order valence-corrected chi connectivity index (χ0v) is 12.4. The molecule has 2 heterocycles. The van der Waals surface area contributed by atoms with Crippen molar-refractivity contribution in [1.29, 1.82) is 0 Å². The van der Waals surface area contributed by atoms with Crippen LogP contribution in [0.3, 0.4) is 0 Å². The third-order valence-corrected chi connectivity index (χ3v) is 4.50. The van der Waals surface area contributed by atoms with Crippen LogP contribution >= 0.6 is 11.6 Å². The van der Waals surface area contributed by atoms with Gasteiger partial charge in [0.2, 0.25) is 0 Å². The molecule has 5 heteroatoms. The van der Waals surface area contributed by atoms with E-state index >= 15 is 0 Å². The van der Waals surface area contributed by atoms with Crippen LogP contribution in [0, 0.1) is 0 Å². The quantitative estimate of drug-likeness (QED) is 0.927. The van der Waals surface area contributed by atoms with E-state index in [-0.39, 0.29) is 6.03 Å². The van der Waals surface area contributed by atoms with Crippen molar-refractivity contribution in [2.75, 3.05) is 32.7 Å². The number of piperazine rings is 1. The number of nitrogens with one attached hydrogen (secondary N) is 1. The largest absolute Gasteiger partial charge is 0.336 e. The molecule has 20 heavy (non-hydrogen) atoms. The van der Waals surface area contributed by atoms with Crippen molar-refractivity contribution < 1.29 is 4.79 Å². The number of urea groups is 1. The van der Waals surface area contributed by atoms with E-state index < -0.39 is 0 Å². The molecule has 2 aliphatic heterocycles. The number of hydrogen-bond acceptors (Lipinski definition) is 2. The molecule has 2 saturated heterocycles. The molecule has 3 rings (SSSR count). The average Bonchev–Trinajstić information content (AvgIpc) is 2.80. The van der Waals surface area contributed by atoms with Crippen LogP contribution < -0.4 is 5.32 Å². The van der Waals surface area contributed by atoms with Gasteiger partial charge in [-0.1, -0.05) is 30.7 Å². The first-order valence-electron chi connectivity index (χ1n) is 7.16. The Morgan fingerprint density at radius 2 is 2.30 bits per heavy atom. The first kappa shape index (κ1) is 13.7. The van der Waals surface area contributed by atoms with Crippen molar-refractivity contribution in [3.63, 3.8) is 0 Å². The predicted molar refractivity (Wildman–Crippen MR) is 80.2 cm³/mol. The number of benzene rings is 1. The van der Waals surface area contributed by atoms with E-state index in [9.17, 15) is 4.79 Å². The van der Waals surface area contributed by atoms with E-state index in [2.05, 4.69) is 23.2 Å². The van der Waals surface area contributed by atoms with Gasteiger partial charge in [-0.2, -0.15) is 0 Å². The lowest BCUT2D eigenvalue weighted by Gasteiger charge is -2.37. The van der Waals surface area contributed by atoms with Gasteiger partial charge in [-0.05, 0) is 23.6 Å². The fourth-order valence-corrected chi connectivity index (χ4v) is 3.34. The summed E-state index contributed by atoms with van der Waals surface area (Å²) in [7, 11) is 0. The van der Waals surface area contributed by atoms with Crippen molar-refractivity contribution in [3.8, 4) is 0 Å². The lowest BCUT2D eigenvalue weighted by molar-refractivity contribution is 0.117. The van der Waals surface area contributed by atoms with Gasteiger partial charge >= 0.3 is 6.03 Å². The topological polar surface area (TPSA) is 35.6 Å². The molecular formula is C15H20ClN3O. The molecular weight excluding hydrogens is 274 g/mol. The van der Waals surface area contributed by atoms with Gasteiger partial charge in [-0.3, -0.25) is 4.90 Å². The van der Waals surface area contributed by atoms with E-state index in [1.54, 1.807) is 0 Å². The second-order valence-corrected chi connectivity index (χ2v) is 6.19. The summed E-state index contributed by atoms with van der Waals surface area (Å²) in [5, 5.41) is 3.71. The first-order valence-corrected chi connectivity index (χ1v) is 7.53. The van der Waals surface area contributed by atoms with Crippen molar-refractivity contribution in [2.45, 2.75) is 18.9 Å². The molecule has 1 N–H and O–H groups in total. The molecule has 0 aliphatic carbocycles. The van der Waals surface area contributed by atoms with Gasteiger partial charge in [0.25, 0.3) is 0 Å². The van der Waals surface area contributed by atoms with Crippen LogP contribution in [0.4, 0.5) is 4.79 Å². The van der Waals surface area contributed by atoms with E-state index in [1.165, 1.54) is 5.56 Å². The molecule has 0 saturated carbocycles. The number of carbonyl (C=O) groups excluding carboxylic acids is 1. The lowest BCUT2D eigenvalue weighted by Crippen LogP contribution is -2.52. The maximum absolute atomic E-state index is 11.6. The van der Waals surface area contributed by atoms with Crippen LogP contribution in [-0.2, 0) is 0 Å². The molecule has 2 amide bonds. The standard InChI is InChI=1S/C15H20ClN3O/c1-11(12-3-2-4-13(16)7-12)9-18-5-6-19-14(10-18)8-17-15(19)20/h2-4,7,11,14H,5-6,8-10H2,1H3,(H,17,20)/t11-,14-/m0/s1. The van der Waals surface area contributed by atoms with Crippen molar-refractivity contribution >= 4 is 17.6 Å². The number of rotatable bonds is 3. The lowest BCUT2D eigenvalue weighted by atomic mass is 10.00. The van der Waals surface area contributed by atoms with Gasteiger partial charge in [-0.25, -0.2) is 4.79 Å². The molecule has 0 unspecified atom stereocenters. The minimum atomic E-state index is 0.0949. The van der Waals surface area contributed by atoms with Crippen molar-refractivity contribution in [1.82, 2.24) is 15.1 Å². The van der Waals surface area contributed by atoms with E-state index in [0.717, 1.165) is 37.7 Å². The Labute approximate surface area is 124 Å². The Hall–Kier alpha value is -1.26. The predicted octanol–water partition coefficient (Wildman–Crippen LogP) is 2.15. The van der Waals surface area contributed by atoms with Gasteiger partial charge in [0, 0.05) is 37.7 Å². The summed E-state index contributed by atoms with van der Waals surface area (Å²) in [6.45, 7) is 6.77. The highest BCUT2D eigenvalue weighted by atomic mass is 35.5. The minimum Gasteiger partial charge on any atom is -0.336 e. The molecule has 2 atom stereocenters. The SMILES string of the molecule is C[C@@H](CN1CCN2C(=O)NC[C@H]2C1)c1cccc(Cl)c1. The summed E-state index contributed by atoms with van der Waals surface area (Å²) in [5.41, 5.74) is 1.28. The fourth-order valence-electron chi connectivity index (χ4n) is 3.14. The zero-order valence-electron chi connectivity index (χ0n) is 11.7. The van der Waals surface area contributed by atoms with Gasteiger partial charge in [-0.15, -0.1) is 0 Å². The molecule has 4 nitrogen and oxygen atoms in total. The summed E-state index contributed by atoms with van der Waals surface area (Å²) in [6, 6.07) is 8.52. The summed E-state index contributed by atoms with van der Waals surface area (Å²) >= 11 is 6.05. The van der Waals surface area contributed by atoms with Crippen LogP contribution in [0.25, 0.3) is 0 Å². The monoisotopic (exact) mass is 293 g/mol. The van der Waals surface area contributed by atoms with Crippen LogP contribution in [0.2, 0.25) is 5.02 Å². The Kier molecular flexibility index (Phi) is 3.85. The highest BCUT2D eigenvalue weighted by molar-refractivity contribution is 6.30. The fraction of sp³-hybridized carbons (Fsp3) is 0.533. The summed E-state index contributed by atoms with van der Waals surface area (Å²) < 4.78 is 0. The molecule has 0 spiro atoms. The average molecular weight is 294 g/mol. The highest BCUT2D eigenvalue weighted by Gasteiger charge is 2.35. The number of hydrogen-bond donors (Lipinski definition) is 1. The number of amides is 2.